The van der Waals surface area contributed by atoms with E-state index in [-0.39, 0.29) is 11.6 Å². The average molecular weight is 415 g/mol. The van der Waals surface area contributed by atoms with Gasteiger partial charge in [-0.3, -0.25) is 4.79 Å². The predicted octanol–water partition coefficient (Wildman–Crippen LogP) is 4.49. The number of amides is 1. The molecule has 1 aromatic carbocycles. The number of hydrogen-bond acceptors (Lipinski definition) is 5. The highest BCUT2D eigenvalue weighted by Crippen LogP contribution is 2.22. The molecule has 1 N–H and O–H groups in total. The summed E-state index contributed by atoms with van der Waals surface area (Å²) in [5.41, 5.74) is 2.48. The molecule has 0 aliphatic heterocycles. The number of halogens is 1. The number of pyridine rings is 1. The number of thioether (sulfide) groups is 1. The summed E-state index contributed by atoms with van der Waals surface area (Å²) >= 11 is 4.82. The highest BCUT2D eigenvalue weighted by atomic mass is 79.9. The SMILES string of the molecule is Cc1ccnc(NC(=O)c2nc(SCc3ccccc3)ncc2Br)c1. The summed E-state index contributed by atoms with van der Waals surface area (Å²) in [5.74, 6) is 0.908. The van der Waals surface area contributed by atoms with E-state index in [0.717, 1.165) is 11.3 Å². The number of nitrogens with one attached hydrogen (secondary N) is 1. The van der Waals surface area contributed by atoms with Crippen molar-refractivity contribution in [1.29, 1.82) is 0 Å². The Morgan fingerprint density at radius 1 is 1.20 bits per heavy atom. The molecule has 0 saturated carbocycles. The van der Waals surface area contributed by atoms with Gasteiger partial charge in [0.25, 0.3) is 5.91 Å². The fourth-order valence-electron chi connectivity index (χ4n) is 2.08. The standard InChI is InChI=1S/C18H15BrN4OS/c1-12-7-8-20-15(9-12)22-17(24)16-14(19)10-21-18(23-16)25-11-13-5-3-2-4-6-13/h2-10H,11H2,1H3,(H,20,22,24). The Morgan fingerprint density at radius 2 is 2.00 bits per heavy atom. The number of carbonyl (C=O) groups excluding carboxylic acids is 1. The minimum Gasteiger partial charge on any atom is -0.305 e. The summed E-state index contributed by atoms with van der Waals surface area (Å²) < 4.78 is 0.543. The molecule has 5 nitrogen and oxygen atoms in total. The number of aryl methyl sites for hydroxylation is 1. The van der Waals surface area contributed by atoms with Crippen LogP contribution < -0.4 is 5.32 Å². The summed E-state index contributed by atoms with van der Waals surface area (Å²) in [7, 11) is 0. The second-order valence-corrected chi connectivity index (χ2v) is 7.09. The second-order valence-electron chi connectivity index (χ2n) is 5.30. The molecule has 2 heterocycles. The quantitative estimate of drug-likeness (QED) is 0.491. The first kappa shape index (κ1) is 17.6. The van der Waals surface area contributed by atoms with Crippen molar-refractivity contribution in [2.24, 2.45) is 0 Å². The van der Waals surface area contributed by atoms with Crippen LogP contribution in [-0.4, -0.2) is 20.9 Å². The highest BCUT2D eigenvalue weighted by Gasteiger charge is 2.15. The highest BCUT2D eigenvalue weighted by molar-refractivity contribution is 9.10. The van der Waals surface area contributed by atoms with Gasteiger partial charge in [0.15, 0.2) is 5.16 Å². The van der Waals surface area contributed by atoms with Crippen molar-refractivity contribution in [1.82, 2.24) is 15.0 Å². The number of carbonyl (C=O) groups is 1. The molecule has 0 unspecified atom stereocenters. The first-order chi connectivity index (χ1) is 12.1. The molecule has 3 rings (SSSR count). The van der Waals surface area contributed by atoms with E-state index >= 15 is 0 Å². The molecular weight excluding hydrogens is 400 g/mol. The zero-order chi connectivity index (χ0) is 17.6. The molecule has 0 saturated heterocycles. The average Bonchev–Trinajstić information content (AvgIpc) is 2.62. The molecule has 0 spiro atoms. The van der Waals surface area contributed by atoms with E-state index in [1.165, 1.54) is 17.3 Å². The molecule has 0 aliphatic carbocycles. The lowest BCUT2D eigenvalue weighted by atomic mass is 10.2. The molecule has 0 bridgehead atoms. The van der Waals surface area contributed by atoms with Crippen molar-refractivity contribution in [3.63, 3.8) is 0 Å². The van der Waals surface area contributed by atoms with Crippen molar-refractivity contribution >= 4 is 39.4 Å². The van der Waals surface area contributed by atoms with E-state index in [0.29, 0.717) is 15.4 Å². The van der Waals surface area contributed by atoms with Crippen molar-refractivity contribution in [3.8, 4) is 0 Å². The molecule has 0 aliphatic rings. The van der Waals surface area contributed by atoms with E-state index < -0.39 is 0 Å². The second kappa shape index (κ2) is 8.22. The number of aromatic nitrogens is 3. The van der Waals surface area contributed by atoms with Gasteiger partial charge >= 0.3 is 0 Å². The topological polar surface area (TPSA) is 67.8 Å². The van der Waals surface area contributed by atoms with Gasteiger partial charge in [-0.15, -0.1) is 0 Å². The summed E-state index contributed by atoms with van der Waals surface area (Å²) in [6, 6.07) is 13.7. The van der Waals surface area contributed by atoms with Crippen LogP contribution in [0.15, 0.2) is 64.5 Å². The van der Waals surface area contributed by atoms with Crippen LogP contribution in [0.5, 0.6) is 0 Å². The van der Waals surface area contributed by atoms with Crippen LogP contribution in [0.1, 0.15) is 21.6 Å². The maximum Gasteiger partial charge on any atom is 0.276 e. The lowest BCUT2D eigenvalue weighted by Gasteiger charge is -2.07. The van der Waals surface area contributed by atoms with Crippen molar-refractivity contribution < 1.29 is 4.79 Å². The Balaban J connectivity index is 1.73. The third-order valence-electron chi connectivity index (χ3n) is 3.30. The van der Waals surface area contributed by atoms with Gasteiger partial charge in [-0.1, -0.05) is 42.1 Å². The molecular formula is C18H15BrN4OS. The largest absolute Gasteiger partial charge is 0.305 e. The number of rotatable bonds is 5. The van der Waals surface area contributed by atoms with Crippen LogP contribution in [-0.2, 0) is 5.75 Å². The van der Waals surface area contributed by atoms with Gasteiger partial charge in [-0.25, -0.2) is 15.0 Å². The summed E-state index contributed by atoms with van der Waals surface area (Å²) in [6.45, 7) is 1.94. The maximum absolute atomic E-state index is 12.5. The molecule has 1 amide bonds. The number of nitrogens with zero attached hydrogens (tertiary/aromatic N) is 3. The van der Waals surface area contributed by atoms with Crippen LogP contribution >= 0.6 is 27.7 Å². The van der Waals surface area contributed by atoms with Gasteiger partial charge < -0.3 is 5.32 Å². The van der Waals surface area contributed by atoms with Crippen LogP contribution in [0.25, 0.3) is 0 Å². The molecule has 2 aromatic heterocycles. The lowest BCUT2D eigenvalue weighted by molar-refractivity contribution is 0.102. The zero-order valence-electron chi connectivity index (χ0n) is 13.4. The third-order valence-corrected chi connectivity index (χ3v) is 4.82. The molecule has 0 radical (unpaired) electrons. The van der Waals surface area contributed by atoms with Gasteiger partial charge in [0.2, 0.25) is 0 Å². The molecule has 0 atom stereocenters. The van der Waals surface area contributed by atoms with E-state index in [4.69, 9.17) is 0 Å². The van der Waals surface area contributed by atoms with Gasteiger partial charge in [-0.05, 0) is 46.1 Å². The van der Waals surface area contributed by atoms with Gasteiger partial charge in [0.05, 0.1) is 4.47 Å². The van der Waals surface area contributed by atoms with Crippen LogP contribution in [0, 0.1) is 6.92 Å². The smallest absolute Gasteiger partial charge is 0.276 e. The summed E-state index contributed by atoms with van der Waals surface area (Å²) in [4.78, 5) is 25.3. The van der Waals surface area contributed by atoms with Crippen LogP contribution in [0.3, 0.4) is 0 Å². The maximum atomic E-state index is 12.5. The normalized spacial score (nSPS) is 10.5. The fourth-order valence-corrected chi connectivity index (χ4v) is 3.22. The first-order valence-electron chi connectivity index (χ1n) is 7.55. The molecule has 126 valence electrons. The van der Waals surface area contributed by atoms with Gasteiger partial charge in [0, 0.05) is 18.1 Å². The molecule has 7 heteroatoms. The zero-order valence-corrected chi connectivity index (χ0v) is 15.8. The van der Waals surface area contributed by atoms with E-state index in [9.17, 15) is 4.79 Å². The number of benzene rings is 1. The lowest BCUT2D eigenvalue weighted by Crippen LogP contribution is -2.16. The van der Waals surface area contributed by atoms with Crippen molar-refractivity contribution in [2.75, 3.05) is 5.32 Å². The molecule has 25 heavy (non-hydrogen) atoms. The monoisotopic (exact) mass is 414 g/mol. The Morgan fingerprint density at radius 3 is 2.76 bits per heavy atom. The molecule has 0 fully saturated rings. The fraction of sp³-hybridized carbons (Fsp3) is 0.111. The number of hydrogen-bond donors (Lipinski definition) is 1. The van der Waals surface area contributed by atoms with E-state index in [2.05, 4.69) is 36.2 Å². The predicted molar refractivity (Wildman–Crippen MR) is 103 cm³/mol. The minimum absolute atomic E-state index is 0.286. The molecule has 3 aromatic rings. The Labute approximate surface area is 158 Å². The summed E-state index contributed by atoms with van der Waals surface area (Å²) in [6.07, 6.45) is 3.25. The van der Waals surface area contributed by atoms with Crippen LogP contribution in [0.2, 0.25) is 0 Å². The Hall–Kier alpha value is -2.25. The first-order valence-corrected chi connectivity index (χ1v) is 9.33. The van der Waals surface area contributed by atoms with Crippen LogP contribution in [0.4, 0.5) is 5.82 Å². The van der Waals surface area contributed by atoms with E-state index in [1.807, 2.05) is 43.3 Å². The van der Waals surface area contributed by atoms with E-state index in [1.54, 1.807) is 18.5 Å². The van der Waals surface area contributed by atoms with Crippen molar-refractivity contribution in [2.45, 2.75) is 17.8 Å². The minimum atomic E-state index is -0.325. The Bertz CT molecular complexity index is 889. The Kier molecular flexibility index (Phi) is 5.78. The number of anilines is 1. The van der Waals surface area contributed by atoms with Gasteiger partial charge in [-0.2, -0.15) is 0 Å². The van der Waals surface area contributed by atoms with Gasteiger partial charge in [0.1, 0.15) is 11.5 Å². The third kappa shape index (κ3) is 4.87. The summed E-state index contributed by atoms with van der Waals surface area (Å²) in [5, 5.41) is 3.31. The van der Waals surface area contributed by atoms with Crippen molar-refractivity contribution in [3.05, 3.63) is 76.2 Å².